The van der Waals surface area contributed by atoms with Gasteiger partial charge < -0.3 is 0 Å². The Labute approximate surface area is 163 Å². The van der Waals surface area contributed by atoms with Crippen molar-refractivity contribution in [3.63, 3.8) is 0 Å². The van der Waals surface area contributed by atoms with Crippen molar-refractivity contribution in [2.24, 2.45) is 5.92 Å². The number of thiophene rings is 1. The van der Waals surface area contributed by atoms with Crippen LogP contribution in [0.5, 0.6) is 0 Å². The molecule has 0 saturated carbocycles. The summed E-state index contributed by atoms with van der Waals surface area (Å²) in [5, 5.41) is 1.05. The molecule has 0 bridgehead atoms. The summed E-state index contributed by atoms with van der Waals surface area (Å²) in [6.45, 7) is 30.8. The topological polar surface area (TPSA) is 0 Å². The predicted octanol–water partition coefficient (Wildman–Crippen LogP) is 6.36. The van der Waals surface area contributed by atoms with Crippen LogP contribution >= 0.6 is 11.3 Å². The molecule has 1 heteroatoms. The average molecular weight is 365 g/mol. The fourth-order valence-corrected chi connectivity index (χ4v) is 3.84. The van der Waals surface area contributed by atoms with Gasteiger partial charge in [0, 0.05) is 15.8 Å². The molecule has 1 heterocycles. The molecular weight excluding hydrogens is 332 g/mol. The highest BCUT2D eigenvalue weighted by Crippen LogP contribution is 2.22. The van der Waals surface area contributed by atoms with Gasteiger partial charge in [0.25, 0.3) is 0 Å². The first-order chi connectivity index (χ1) is 12.2. The lowest BCUT2D eigenvalue weighted by Crippen LogP contribution is -2.18. The summed E-state index contributed by atoms with van der Waals surface area (Å²) >= 11 is 1.76. The summed E-state index contributed by atoms with van der Waals surface area (Å²) in [7, 11) is 0. The Balaban J connectivity index is 3.04. The smallest absolute Gasteiger partial charge is 0.0346 e. The molecule has 0 aliphatic carbocycles. The summed E-state index contributed by atoms with van der Waals surface area (Å²) in [4.78, 5) is 1.24. The molecule has 1 rings (SSSR count). The van der Waals surface area contributed by atoms with Crippen molar-refractivity contribution in [3.8, 4) is 0 Å². The van der Waals surface area contributed by atoms with Gasteiger partial charge in [0.15, 0.2) is 0 Å². The van der Waals surface area contributed by atoms with Gasteiger partial charge in [0.2, 0.25) is 0 Å². The standard InChI is InChI=1S/C25H32S/c1-10-19(6)21(8)16-24-25(18(4)5)22(9)23(26-24)15-13-11-12-14-20(7)17(2)3/h10-11,13,15,17H,1,4,6-9,12,14,16H2,2-3,5H3/b13-11+,23-15-. The highest BCUT2D eigenvalue weighted by Gasteiger charge is 2.11. The molecule has 26 heavy (non-hydrogen) atoms. The summed E-state index contributed by atoms with van der Waals surface area (Å²) in [5.74, 6) is 0.551. The van der Waals surface area contributed by atoms with Crippen LogP contribution in [0, 0.1) is 5.92 Å². The lowest BCUT2D eigenvalue weighted by atomic mass is 10.00. The maximum absolute atomic E-state index is 4.28. The van der Waals surface area contributed by atoms with Crippen molar-refractivity contribution in [3.05, 3.63) is 88.0 Å². The summed E-state index contributed by atoms with van der Waals surface area (Å²) in [5.41, 5.74) is 5.36. The third-order valence-corrected chi connectivity index (χ3v) is 5.64. The van der Waals surface area contributed by atoms with E-state index in [0.717, 1.165) is 46.8 Å². The van der Waals surface area contributed by atoms with E-state index in [2.05, 4.69) is 71.5 Å². The SMILES string of the molecule is C=CC(=C)C(=C)Cc1s/c(=C\C=C\CCC(=C)C(C)C)c(=C)c1C(=C)C. The van der Waals surface area contributed by atoms with Gasteiger partial charge >= 0.3 is 0 Å². The van der Waals surface area contributed by atoms with E-state index in [4.69, 9.17) is 0 Å². The van der Waals surface area contributed by atoms with E-state index in [9.17, 15) is 0 Å². The van der Waals surface area contributed by atoms with Crippen LogP contribution < -0.4 is 9.75 Å². The van der Waals surface area contributed by atoms with Crippen LogP contribution in [-0.4, -0.2) is 0 Å². The normalized spacial score (nSPS) is 11.9. The maximum Gasteiger partial charge on any atom is 0.0346 e. The van der Waals surface area contributed by atoms with Crippen LogP contribution in [-0.2, 0) is 6.42 Å². The maximum atomic E-state index is 4.28. The molecule has 0 unspecified atom stereocenters. The molecule has 0 spiro atoms. The van der Waals surface area contributed by atoms with E-state index in [0.29, 0.717) is 5.92 Å². The molecule has 0 aliphatic rings. The summed E-state index contributed by atoms with van der Waals surface area (Å²) in [6.07, 6.45) is 11.0. The van der Waals surface area contributed by atoms with Crippen molar-refractivity contribution in [2.45, 2.75) is 40.0 Å². The molecule has 1 aromatic heterocycles. The van der Waals surface area contributed by atoms with Crippen LogP contribution in [0.3, 0.4) is 0 Å². The lowest BCUT2D eigenvalue weighted by Gasteiger charge is -2.06. The Bertz CT molecular complexity index is 853. The zero-order chi connectivity index (χ0) is 19.9. The highest BCUT2D eigenvalue weighted by molar-refractivity contribution is 7.10. The second-order valence-corrected chi connectivity index (χ2v) is 8.12. The Hall–Kier alpha value is -2.12. The number of rotatable bonds is 10. The van der Waals surface area contributed by atoms with Gasteiger partial charge in [-0.1, -0.05) is 77.1 Å². The van der Waals surface area contributed by atoms with Gasteiger partial charge in [-0.15, -0.1) is 11.3 Å². The molecule has 0 aromatic carbocycles. The second-order valence-electron chi connectivity index (χ2n) is 6.98. The Morgan fingerprint density at radius 3 is 2.35 bits per heavy atom. The molecule has 0 N–H and O–H groups in total. The minimum atomic E-state index is 0.551. The monoisotopic (exact) mass is 364 g/mol. The van der Waals surface area contributed by atoms with E-state index >= 15 is 0 Å². The van der Waals surface area contributed by atoms with Crippen molar-refractivity contribution in [1.82, 2.24) is 0 Å². The van der Waals surface area contributed by atoms with E-state index in [1.807, 2.05) is 6.92 Å². The largest absolute Gasteiger partial charge is 0.139 e. The molecule has 0 saturated heterocycles. The third kappa shape index (κ3) is 6.00. The molecule has 0 aliphatic heterocycles. The Kier molecular flexibility index (Phi) is 8.54. The van der Waals surface area contributed by atoms with E-state index in [1.165, 1.54) is 15.0 Å². The molecule has 0 fully saturated rings. The number of hydrogen-bond donors (Lipinski definition) is 0. The Morgan fingerprint density at radius 1 is 1.15 bits per heavy atom. The van der Waals surface area contributed by atoms with Crippen molar-refractivity contribution in [1.29, 1.82) is 0 Å². The zero-order valence-corrected chi connectivity index (χ0v) is 17.5. The van der Waals surface area contributed by atoms with Gasteiger partial charge in [-0.25, -0.2) is 0 Å². The van der Waals surface area contributed by atoms with E-state index in [-0.39, 0.29) is 0 Å². The summed E-state index contributed by atoms with van der Waals surface area (Å²) < 4.78 is 1.17. The van der Waals surface area contributed by atoms with Gasteiger partial charge in [-0.05, 0) is 59.3 Å². The van der Waals surface area contributed by atoms with Crippen molar-refractivity contribution >= 4 is 29.6 Å². The molecule has 0 atom stereocenters. The molecule has 0 nitrogen and oxygen atoms in total. The third-order valence-electron chi connectivity index (χ3n) is 4.44. The van der Waals surface area contributed by atoms with Crippen molar-refractivity contribution in [2.75, 3.05) is 0 Å². The molecular formula is C25H32S. The van der Waals surface area contributed by atoms with Crippen LogP contribution in [0.1, 0.15) is 44.1 Å². The zero-order valence-electron chi connectivity index (χ0n) is 16.7. The molecule has 1 aromatic rings. The van der Waals surface area contributed by atoms with Crippen molar-refractivity contribution < 1.29 is 0 Å². The van der Waals surface area contributed by atoms with Gasteiger partial charge in [-0.2, -0.15) is 0 Å². The van der Waals surface area contributed by atoms with Gasteiger partial charge in [-0.3, -0.25) is 0 Å². The summed E-state index contributed by atoms with van der Waals surface area (Å²) in [6, 6.07) is 0. The fraction of sp³-hybridized carbons (Fsp3) is 0.280. The minimum Gasteiger partial charge on any atom is -0.139 e. The lowest BCUT2D eigenvalue weighted by molar-refractivity contribution is 0.719. The van der Waals surface area contributed by atoms with Crippen LogP contribution in [0.25, 0.3) is 18.2 Å². The second kappa shape index (κ2) is 10.1. The molecule has 0 radical (unpaired) electrons. The van der Waals surface area contributed by atoms with Crippen LogP contribution in [0.2, 0.25) is 0 Å². The Morgan fingerprint density at radius 2 is 1.81 bits per heavy atom. The average Bonchev–Trinajstić information content (AvgIpc) is 2.88. The van der Waals surface area contributed by atoms with Gasteiger partial charge in [0.1, 0.15) is 0 Å². The first-order valence-electron chi connectivity index (χ1n) is 8.99. The number of hydrogen-bond acceptors (Lipinski definition) is 1. The van der Waals surface area contributed by atoms with Crippen LogP contribution in [0.15, 0.2) is 67.8 Å². The first kappa shape index (κ1) is 21.9. The fourth-order valence-electron chi connectivity index (χ4n) is 2.55. The van der Waals surface area contributed by atoms with Crippen LogP contribution in [0.4, 0.5) is 0 Å². The van der Waals surface area contributed by atoms with Gasteiger partial charge in [0.05, 0.1) is 0 Å². The quantitative estimate of drug-likeness (QED) is 0.335. The molecule has 0 amide bonds. The van der Waals surface area contributed by atoms with E-state index < -0.39 is 0 Å². The van der Waals surface area contributed by atoms with E-state index in [1.54, 1.807) is 17.4 Å². The first-order valence-corrected chi connectivity index (χ1v) is 9.81. The number of allylic oxidation sites excluding steroid dienone is 7. The predicted molar refractivity (Wildman–Crippen MR) is 123 cm³/mol. The molecule has 138 valence electrons. The highest BCUT2D eigenvalue weighted by atomic mass is 32.1. The minimum absolute atomic E-state index is 0.551.